The van der Waals surface area contributed by atoms with Crippen molar-refractivity contribution in [3.8, 4) is 5.88 Å². The van der Waals surface area contributed by atoms with Crippen LogP contribution in [-0.4, -0.2) is 22.5 Å². The maximum absolute atomic E-state index is 13.5. The molecule has 0 unspecified atom stereocenters. The molecule has 0 bridgehead atoms. The topological polar surface area (TPSA) is 64.1 Å². The molecule has 0 saturated heterocycles. The van der Waals surface area contributed by atoms with Gasteiger partial charge in [0.05, 0.1) is 16.6 Å². The minimum Gasteiger partial charge on any atom is -0.467 e. The van der Waals surface area contributed by atoms with Crippen LogP contribution in [0.4, 0.5) is 14.5 Å². The van der Waals surface area contributed by atoms with Gasteiger partial charge in [-0.3, -0.25) is 4.79 Å². The van der Waals surface area contributed by atoms with Crippen LogP contribution in [0.1, 0.15) is 5.82 Å². The van der Waals surface area contributed by atoms with E-state index < -0.39 is 17.5 Å². The first-order valence-corrected chi connectivity index (χ1v) is 7.14. The normalized spacial score (nSPS) is 10.6. The second kappa shape index (κ2) is 6.57. The number of amides is 1. The molecule has 0 aliphatic heterocycles. The zero-order valence-corrected chi connectivity index (χ0v) is 12.7. The highest BCUT2D eigenvalue weighted by atomic mass is 19.1. The first-order valence-electron chi connectivity index (χ1n) is 7.14. The van der Waals surface area contributed by atoms with Gasteiger partial charge in [-0.15, -0.1) is 0 Å². The molecule has 1 heterocycles. The molecule has 0 fully saturated rings. The molecule has 1 amide bonds. The Kier molecular flexibility index (Phi) is 4.33. The molecule has 0 spiro atoms. The number of rotatable bonds is 4. The van der Waals surface area contributed by atoms with Crippen LogP contribution in [0, 0.1) is 18.6 Å². The number of halogens is 2. The maximum atomic E-state index is 13.5. The molecule has 0 aliphatic carbocycles. The van der Waals surface area contributed by atoms with Gasteiger partial charge in [0.2, 0.25) is 5.88 Å². The Hall–Kier alpha value is -3.09. The van der Waals surface area contributed by atoms with Crippen LogP contribution in [0.5, 0.6) is 5.88 Å². The largest absolute Gasteiger partial charge is 0.467 e. The molecule has 0 aliphatic rings. The molecule has 5 nitrogen and oxygen atoms in total. The fraction of sp³-hybridized carbons (Fsp3) is 0.118. The molecule has 0 saturated carbocycles. The van der Waals surface area contributed by atoms with Gasteiger partial charge in [0.15, 0.2) is 6.61 Å². The lowest BCUT2D eigenvalue weighted by Crippen LogP contribution is -2.21. The quantitative estimate of drug-likeness (QED) is 0.798. The Labute approximate surface area is 136 Å². The fourth-order valence-corrected chi connectivity index (χ4v) is 2.18. The standard InChI is InChI=1S/C17H13F2N3O2/c1-10-20-14-5-3-2-4-12(14)17(21-10)24-9-16(23)22-15-7-6-11(18)8-13(15)19/h2-8H,9H2,1H3,(H,22,23). The van der Waals surface area contributed by atoms with Crippen molar-refractivity contribution in [1.82, 2.24) is 9.97 Å². The van der Waals surface area contributed by atoms with Crippen molar-refractivity contribution in [3.63, 3.8) is 0 Å². The average molecular weight is 329 g/mol. The van der Waals surface area contributed by atoms with Crippen molar-refractivity contribution >= 4 is 22.5 Å². The maximum Gasteiger partial charge on any atom is 0.262 e. The highest BCUT2D eigenvalue weighted by molar-refractivity contribution is 5.92. The van der Waals surface area contributed by atoms with Crippen LogP contribution in [0.15, 0.2) is 42.5 Å². The third kappa shape index (κ3) is 3.45. The Morgan fingerprint density at radius 2 is 1.96 bits per heavy atom. The third-order valence-corrected chi connectivity index (χ3v) is 3.23. The van der Waals surface area contributed by atoms with E-state index in [1.807, 2.05) is 18.2 Å². The molecule has 0 atom stereocenters. The van der Waals surface area contributed by atoms with Gasteiger partial charge in [-0.1, -0.05) is 12.1 Å². The molecule has 7 heteroatoms. The van der Waals surface area contributed by atoms with Crippen molar-refractivity contribution in [1.29, 1.82) is 0 Å². The van der Waals surface area contributed by atoms with Gasteiger partial charge in [0, 0.05) is 6.07 Å². The molecule has 1 aromatic heterocycles. The Balaban J connectivity index is 1.73. The number of aromatic nitrogens is 2. The van der Waals surface area contributed by atoms with Crippen molar-refractivity contribution < 1.29 is 18.3 Å². The van der Waals surface area contributed by atoms with Crippen molar-refractivity contribution in [2.75, 3.05) is 11.9 Å². The van der Waals surface area contributed by atoms with E-state index in [4.69, 9.17) is 4.74 Å². The van der Waals surface area contributed by atoms with Crippen molar-refractivity contribution in [2.24, 2.45) is 0 Å². The first kappa shape index (κ1) is 15.8. The average Bonchev–Trinajstić information content (AvgIpc) is 2.55. The van der Waals surface area contributed by atoms with Gasteiger partial charge in [-0.05, 0) is 31.2 Å². The predicted molar refractivity (Wildman–Crippen MR) is 84.8 cm³/mol. The summed E-state index contributed by atoms with van der Waals surface area (Å²) in [7, 11) is 0. The number of fused-ring (bicyclic) bond motifs is 1. The predicted octanol–water partition coefficient (Wildman–Crippen LogP) is 3.23. The summed E-state index contributed by atoms with van der Waals surface area (Å²) in [6.07, 6.45) is 0. The SMILES string of the molecule is Cc1nc(OCC(=O)Nc2ccc(F)cc2F)c2ccccc2n1. The van der Waals surface area contributed by atoms with Crippen LogP contribution in [0.3, 0.4) is 0 Å². The molecular weight excluding hydrogens is 316 g/mol. The van der Waals surface area contributed by atoms with Gasteiger partial charge < -0.3 is 10.1 Å². The van der Waals surface area contributed by atoms with Crippen LogP contribution < -0.4 is 10.1 Å². The lowest BCUT2D eigenvalue weighted by Gasteiger charge is -2.10. The number of hydrogen-bond acceptors (Lipinski definition) is 4. The monoisotopic (exact) mass is 329 g/mol. The zero-order chi connectivity index (χ0) is 17.1. The summed E-state index contributed by atoms with van der Waals surface area (Å²) in [6.45, 7) is 1.35. The summed E-state index contributed by atoms with van der Waals surface area (Å²) in [5.41, 5.74) is 0.582. The number of aryl methyl sites for hydroxylation is 1. The summed E-state index contributed by atoms with van der Waals surface area (Å²) >= 11 is 0. The van der Waals surface area contributed by atoms with Gasteiger partial charge >= 0.3 is 0 Å². The molecule has 0 radical (unpaired) electrons. The third-order valence-electron chi connectivity index (χ3n) is 3.23. The molecule has 24 heavy (non-hydrogen) atoms. The van der Waals surface area contributed by atoms with Crippen LogP contribution in [0.25, 0.3) is 10.9 Å². The van der Waals surface area contributed by atoms with Crippen LogP contribution in [0.2, 0.25) is 0 Å². The van der Waals surface area contributed by atoms with Gasteiger partial charge in [-0.2, -0.15) is 4.98 Å². The van der Waals surface area contributed by atoms with Crippen LogP contribution in [-0.2, 0) is 4.79 Å². The number of nitrogens with zero attached hydrogens (tertiary/aromatic N) is 2. The van der Waals surface area contributed by atoms with E-state index in [2.05, 4.69) is 15.3 Å². The van der Waals surface area contributed by atoms with E-state index in [9.17, 15) is 13.6 Å². The lowest BCUT2D eigenvalue weighted by molar-refractivity contribution is -0.118. The van der Waals surface area contributed by atoms with Gasteiger partial charge in [-0.25, -0.2) is 13.8 Å². The molecule has 122 valence electrons. The second-order valence-electron chi connectivity index (χ2n) is 5.05. The molecule has 1 N–H and O–H groups in total. The number of hydrogen-bond donors (Lipinski definition) is 1. The summed E-state index contributed by atoms with van der Waals surface area (Å²) < 4.78 is 31.8. The molecular formula is C17H13F2N3O2. The van der Waals surface area contributed by atoms with E-state index in [0.717, 1.165) is 12.1 Å². The fourth-order valence-electron chi connectivity index (χ4n) is 2.18. The number of para-hydroxylation sites is 1. The van der Waals surface area contributed by atoms with E-state index in [-0.39, 0.29) is 18.2 Å². The first-order chi connectivity index (χ1) is 11.5. The number of benzene rings is 2. The second-order valence-corrected chi connectivity index (χ2v) is 5.05. The summed E-state index contributed by atoms with van der Waals surface area (Å²) in [5.74, 6) is -1.38. The number of ether oxygens (including phenoxy) is 1. The minimum absolute atomic E-state index is 0.117. The van der Waals surface area contributed by atoms with Gasteiger partial charge in [0.1, 0.15) is 17.5 Å². The summed E-state index contributed by atoms with van der Waals surface area (Å²) in [5, 5.41) is 2.99. The van der Waals surface area contributed by atoms with E-state index in [1.54, 1.807) is 13.0 Å². The Morgan fingerprint density at radius 1 is 1.17 bits per heavy atom. The van der Waals surface area contributed by atoms with Crippen molar-refractivity contribution in [2.45, 2.75) is 6.92 Å². The Bertz CT molecular complexity index is 915. The zero-order valence-electron chi connectivity index (χ0n) is 12.7. The lowest BCUT2D eigenvalue weighted by atomic mass is 10.2. The van der Waals surface area contributed by atoms with E-state index in [0.29, 0.717) is 22.8 Å². The number of nitrogens with one attached hydrogen (secondary N) is 1. The van der Waals surface area contributed by atoms with Crippen molar-refractivity contribution in [3.05, 3.63) is 59.9 Å². The summed E-state index contributed by atoms with van der Waals surface area (Å²) in [4.78, 5) is 20.4. The smallest absolute Gasteiger partial charge is 0.262 e. The highest BCUT2D eigenvalue weighted by Crippen LogP contribution is 2.22. The summed E-state index contributed by atoms with van der Waals surface area (Å²) in [6, 6.07) is 10.1. The molecule has 3 aromatic rings. The Morgan fingerprint density at radius 3 is 2.75 bits per heavy atom. The van der Waals surface area contributed by atoms with E-state index in [1.165, 1.54) is 0 Å². The molecule has 2 aromatic carbocycles. The molecule has 3 rings (SSSR count). The number of carbonyl (C=O) groups excluding carboxylic acids is 1. The minimum atomic E-state index is -0.855. The number of anilines is 1. The van der Waals surface area contributed by atoms with E-state index >= 15 is 0 Å². The van der Waals surface area contributed by atoms with Gasteiger partial charge in [0.25, 0.3) is 5.91 Å². The highest BCUT2D eigenvalue weighted by Gasteiger charge is 2.11. The number of carbonyl (C=O) groups is 1. The van der Waals surface area contributed by atoms with Crippen LogP contribution >= 0.6 is 0 Å².